The second-order valence-electron chi connectivity index (χ2n) is 6.41. The van der Waals surface area contributed by atoms with Gasteiger partial charge < -0.3 is 19.5 Å². The van der Waals surface area contributed by atoms with Gasteiger partial charge >= 0.3 is 0 Å². The van der Waals surface area contributed by atoms with Crippen molar-refractivity contribution in [3.05, 3.63) is 54.1 Å². The van der Waals surface area contributed by atoms with E-state index in [4.69, 9.17) is 4.74 Å². The van der Waals surface area contributed by atoms with E-state index in [-0.39, 0.29) is 6.42 Å². The standard InChI is InChI=1S/C18H17F2N3O3/c1-9-10-5-6-23(18(10)22-8-21-9)13-7-14(16(25)15(13)24)26-17-11(19)3-2-4-12(17)20/h2-6,8,13-16,24-25H,7H2,1H3/t13?,14?,15-,16+/m0/s1. The minimum absolute atomic E-state index is 0.170. The van der Waals surface area contributed by atoms with Crippen LogP contribution in [0, 0.1) is 18.6 Å². The smallest absolute Gasteiger partial charge is 0.191 e. The first-order chi connectivity index (χ1) is 12.5. The molecule has 0 bridgehead atoms. The number of benzene rings is 1. The van der Waals surface area contributed by atoms with Crippen LogP contribution in [0.4, 0.5) is 8.78 Å². The molecule has 0 aliphatic heterocycles. The molecule has 26 heavy (non-hydrogen) atoms. The Hall–Kier alpha value is -2.58. The number of halogens is 2. The molecule has 2 unspecified atom stereocenters. The third kappa shape index (κ3) is 2.62. The number of ether oxygens (including phenoxy) is 1. The van der Waals surface area contributed by atoms with Crippen LogP contribution >= 0.6 is 0 Å². The molecule has 1 saturated carbocycles. The molecule has 0 spiro atoms. The van der Waals surface area contributed by atoms with Crippen LogP contribution in [0.1, 0.15) is 18.2 Å². The largest absolute Gasteiger partial charge is 0.481 e. The second-order valence-corrected chi connectivity index (χ2v) is 6.41. The lowest BCUT2D eigenvalue weighted by Gasteiger charge is -2.19. The van der Waals surface area contributed by atoms with Crippen molar-refractivity contribution >= 4 is 11.0 Å². The topological polar surface area (TPSA) is 80.4 Å². The van der Waals surface area contributed by atoms with Gasteiger partial charge in [-0.25, -0.2) is 18.7 Å². The zero-order valence-corrected chi connectivity index (χ0v) is 13.9. The van der Waals surface area contributed by atoms with E-state index < -0.39 is 41.7 Å². The summed E-state index contributed by atoms with van der Waals surface area (Å²) in [5.41, 5.74) is 1.41. The van der Waals surface area contributed by atoms with Crippen molar-refractivity contribution in [3.8, 4) is 5.75 Å². The lowest BCUT2D eigenvalue weighted by Crippen LogP contribution is -2.34. The number of hydrogen-bond donors (Lipinski definition) is 2. The van der Waals surface area contributed by atoms with Crippen LogP contribution in [-0.2, 0) is 0 Å². The number of para-hydroxylation sites is 1. The molecule has 1 fully saturated rings. The predicted octanol–water partition coefficient (Wildman–Crippen LogP) is 2.13. The third-order valence-electron chi connectivity index (χ3n) is 4.85. The lowest BCUT2D eigenvalue weighted by atomic mass is 10.2. The summed E-state index contributed by atoms with van der Waals surface area (Å²) in [4.78, 5) is 8.37. The molecule has 0 saturated heterocycles. The molecule has 1 aliphatic carbocycles. The number of aromatic nitrogens is 3. The molecule has 0 radical (unpaired) electrons. The van der Waals surface area contributed by atoms with Crippen molar-refractivity contribution in [2.75, 3.05) is 0 Å². The minimum atomic E-state index is -1.29. The van der Waals surface area contributed by atoms with Gasteiger partial charge in [-0.1, -0.05) is 6.07 Å². The summed E-state index contributed by atoms with van der Waals surface area (Å²) < 4.78 is 34.8. The normalized spacial score (nSPS) is 25.7. The van der Waals surface area contributed by atoms with Crippen LogP contribution in [0.5, 0.6) is 5.75 Å². The van der Waals surface area contributed by atoms with Crippen LogP contribution in [0.2, 0.25) is 0 Å². The van der Waals surface area contributed by atoms with Gasteiger partial charge in [-0.2, -0.15) is 0 Å². The molecule has 3 aromatic rings. The van der Waals surface area contributed by atoms with Crippen molar-refractivity contribution in [1.29, 1.82) is 0 Å². The fourth-order valence-electron chi connectivity index (χ4n) is 3.47. The average Bonchev–Trinajstić information content (AvgIpc) is 3.15. The van der Waals surface area contributed by atoms with Crippen LogP contribution in [0.25, 0.3) is 11.0 Å². The number of rotatable bonds is 3. The zero-order chi connectivity index (χ0) is 18.4. The Morgan fingerprint density at radius 2 is 1.85 bits per heavy atom. The second kappa shape index (κ2) is 6.30. The highest BCUT2D eigenvalue weighted by Gasteiger charge is 2.45. The van der Waals surface area contributed by atoms with Gasteiger partial charge in [-0.15, -0.1) is 0 Å². The van der Waals surface area contributed by atoms with Crippen LogP contribution in [0.15, 0.2) is 36.8 Å². The summed E-state index contributed by atoms with van der Waals surface area (Å²) in [5, 5.41) is 21.6. The molecule has 6 nitrogen and oxygen atoms in total. The maximum Gasteiger partial charge on any atom is 0.191 e. The Morgan fingerprint density at radius 3 is 2.58 bits per heavy atom. The van der Waals surface area contributed by atoms with Gasteiger partial charge in [-0.05, 0) is 25.1 Å². The van der Waals surface area contributed by atoms with E-state index in [0.717, 1.165) is 23.2 Å². The van der Waals surface area contributed by atoms with Crippen molar-refractivity contribution in [1.82, 2.24) is 14.5 Å². The number of nitrogens with zero attached hydrogens (tertiary/aromatic N) is 3. The molecule has 136 valence electrons. The highest BCUT2D eigenvalue weighted by atomic mass is 19.1. The van der Waals surface area contributed by atoms with Gasteiger partial charge in [0.25, 0.3) is 0 Å². The van der Waals surface area contributed by atoms with Gasteiger partial charge in [0.15, 0.2) is 17.4 Å². The maximum absolute atomic E-state index is 13.8. The Kier molecular flexibility index (Phi) is 4.08. The highest BCUT2D eigenvalue weighted by molar-refractivity contribution is 5.78. The van der Waals surface area contributed by atoms with Gasteiger partial charge in [0.1, 0.15) is 30.3 Å². The van der Waals surface area contributed by atoms with Crippen molar-refractivity contribution in [2.45, 2.75) is 37.7 Å². The molecule has 4 atom stereocenters. The van der Waals surface area contributed by atoms with Crippen LogP contribution < -0.4 is 4.74 Å². The van der Waals surface area contributed by atoms with E-state index in [2.05, 4.69) is 9.97 Å². The first-order valence-electron chi connectivity index (χ1n) is 8.22. The molecule has 4 rings (SSSR count). The van der Waals surface area contributed by atoms with E-state index in [1.165, 1.54) is 12.4 Å². The third-order valence-corrected chi connectivity index (χ3v) is 4.85. The Balaban J connectivity index is 1.65. The predicted molar refractivity (Wildman–Crippen MR) is 88.7 cm³/mol. The molecule has 1 aromatic carbocycles. The molecule has 0 amide bonds. The fraction of sp³-hybridized carbons (Fsp3) is 0.333. The summed E-state index contributed by atoms with van der Waals surface area (Å²) in [6, 6.07) is 4.67. The lowest BCUT2D eigenvalue weighted by molar-refractivity contribution is -0.0181. The zero-order valence-electron chi connectivity index (χ0n) is 13.9. The van der Waals surface area contributed by atoms with E-state index in [9.17, 15) is 19.0 Å². The summed E-state index contributed by atoms with van der Waals surface area (Å²) >= 11 is 0. The van der Waals surface area contributed by atoms with E-state index in [1.54, 1.807) is 10.8 Å². The molecule has 2 N–H and O–H groups in total. The van der Waals surface area contributed by atoms with Gasteiger partial charge in [0.05, 0.1) is 11.7 Å². The molecule has 2 aromatic heterocycles. The summed E-state index contributed by atoms with van der Waals surface area (Å²) in [5.74, 6) is -2.27. The maximum atomic E-state index is 13.8. The highest BCUT2D eigenvalue weighted by Crippen LogP contribution is 2.36. The summed E-state index contributed by atoms with van der Waals surface area (Å²) in [6.45, 7) is 1.85. The fourth-order valence-corrected chi connectivity index (χ4v) is 3.47. The SMILES string of the molecule is Cc1ncnc2c1ccn2C1CC(Oc2c(F)cccc2F)[C@@H](O)[C@H]1O. The van der Waals surface area contributed by atoms with Crippen molar-refractivity contribution in [2.24, 2.45) is 0 Å². The number of fused-ring (bicyclic) bond motifs is 1. The van der Waals surface area contributed by atoms with Crippen LogP contribution in [-0.4, -0.2) is 43.1 Å². The van der Waals surface area contributed by atoms with Crippen LogP contribution in [0.3, 0.4) is 0 Å². The molecular weight excluding hydrogens is 344 g/mol. The van der Waals surface area contributed by atoms with E-state index in [0.29, 0.717) is 5.65 Å². The molecule has 8 heteroatoms. The molecule has 1 aliphatic rings. The average molecular weight is 361 g/mol. The number of aliphatic hydroxyl groups is 2. The van der Waals surface area contributed by atoms with Crippen molar-refractivity contribution in [3.63, 3.8) is 0 Å². The monoisotopic (exact) mass is 361 g/mol. The van der Waals surface area contributed by atoms with Gasteiger partial charge in [-0.3, -0.25) is 0 Å². The Morgan fingerprint density at radius 1 is 1.12 bits per heavy atom. The number of aliphatic hydroxyl groups excluding tert-OH is 2. The molecule has 2 heterocycles. The van der Waals surface area contributed by atoms with Gasteiger partial charge in [0, 0.05) is 18.0 Å². The number of aryl methyl sites for hydroxylation is 1. The number of hydrogen-bond acceptors (Lipinski definition) is 5. The van der Waals surface area contributed by atoms with Gasteiger partial charge in [0.2, 0.25) is 0 Å². The first-order valence-corrected chi connectivity index (χ1v) is 8.22. The Labute approximate surface area is 147 Å². The summed E-state index contributed by atoms with van der Waals surface area (Å²) in [6.07, 6.45) is -0.0711. The van der Waals surface area contributed by atoms with E-state index in [1.807, 2.05) is 13.0 Å². The molecular formula is C18H17F2N3O3. The Bertz CT molecular complexity index is 942. The van der Waals surface area contributed by atoms with Crippen molar-refractivity contribution < 1.29 is 23.7 Å². The minimum Gasteiger partial charge on any atom is -0.481 e. The first kappa shape index (κ1) is 16.9. The summed E-state index contributed by atoms with van der Waals surface area (Å²) in [7, 11) is 0. The van der Waals surface area contributed by atoms with E-state index >= 15 is 0 Å². The quantitative estimate of drug-likeness (QED) is 0.747.